The second-order valence-electron chi connectivity index (χ2n) is 7.63. The number of carbonyl (C=O) groups excluding carboxylic acids is 1. The average molecular weight is 571 g/mol. The van der Waals surface area contributed by atoms with Crippen molar-refractivity contribution in [2.24, 2.45) is 5.11 Å². The number of para-hydroxylation sites is 1. The number of hydrogen-bond donors (Lipinski definition) is 5. The van der Waals surface area contributed by atoms with E-state index in [0.29, 0.717) is 0 Å². The maximum absolute atomic E-state index is 12.8. The lowest BCUT2D eigenvalue weighted by molar-refractivity contribution is -0.0485. The Balaban J connectivity index is 1.66. The molecule has 202 valence electrons. The summed E-state index contributed by atoms with van der Waals surface area (Å²) in [6.45, 7) is -0.826. The number of phosphoric acid groups is 2. The van der Waals surface area contributed by atoms with E-state index in [1.54, 1.807) is 12.1 Å². The monoisotopic (exact) mass is 571 g/mol. The molecule has 2 aromatic heterocycles. The molecule has 0 radical (unpaired) electrons. The lowest BCUT2D eigenvalue weighted by Crippen LogP contribution is -2.31. The van der Waals surface area contributed by atoms with Gasteiger partial charge >= 0.3 is 21.6 Å². The van der Waals surface area contributed by atoms with Crippen LogP contribution in [0, 0.1) is 0 Å². The van der Waals surface area contributed by atoms with Gasteiger partial charge in [0.15, 0.2) is 17.0 Å². The minimum absolute atomic E-state index is 0.0247. The van der Waals surface area contributed by atoms with Gasteiger partial charge in [0.2, 0.25) is 5.95 Å². The van der Waals surface area contributed by atoms with Gasteiger partial charge in [-0.15, -0.1) is 0 Å². The highest BCUT2D eigenvalue weighted by atomic mass is 31.3. The van der Waals surface area contributed by atoms with Crippen molar-refractivity contribution < 1.29 is 46.9 Å². The van der Waals surface area contributed by atoms with Crippen LogP contribution in [0.1, 0.15) is 23.0 Å². The smallest absolute Gasteiger partial charge is 0.456 e. The van der Waals surface area contributed by atoms with E-state index in [1.807, 2.05) is 0 Å². The molecular formula is C17H19N9O10P2. The lowest BCUT2D eigenvalue weighted by Gasteiger charge is -2.20. The van der Waals surface area contributed by atoms with Crippen LogP contribution in [0.25, 0.3) is 21.6 Å². The van der Waals surface area contributed by atoms with Gasteiger partial charge in [-0.3, -0.25) is 9.09 Å². The second-order valence-corrected chi connectivity index (χ2v) is 10.5. The number of aromatic nitrogens is 4. The van der Waals surface area contributed by atoms with Gasteiger partial charge in [0.05, 0.1) is 12.2 Å². The van der Waals surface area contributed by atoms with Crippen LogP contribution in [0.5, 0.6) is 0 Å². The minimum atomic E-state index is -5.39. The van der Waals surface area contributed by atoms with Gasteiger partial charge < -0.3 is 35.6 Å². The summed E-state index contributed by atoms with van der Waals surface area (Å²) in [6, 6.07) is 6.04. The molecule has 4 atom stereocenters. The summed E-state index contributed by atoms with van der Waals surface area (Å²) in [4.78, 5) is 54.9. The van der Waals surface area contributed by atoms with Gasteiger partial charge in [-0.25, -0.2) is 28.9 Å². The van der Waals surface area contributed by atoms with Crippen LogP contribution in [-0.4, -0.2) is 59.0 Å². The highest BCUT2D eigenvalue weighted by molar-refractivity contribution is 7.60. The van der Waals surface area contributed by atoms with Gasteiger partial charge in [-0.2, -0.15) is 4.31 Å². The maximum atomic E-state index is 12.8. The zero-order valence-corrected chi connectivity index (χ0v) is 20.7. The number of nitrogen functional groups attached to an aromatic ring is 2. The van der Waals surface area contributed by atoms with Crippen LogP contribution in [0.3, 0.4) is 0 Å². The number of anilines is 2. The topological polar surface area (TPSA) is 293 Å². The normalized spacial score (nSPS) is 21.1. The van der Waals surface area contributed by atoms with Crippen molar-refractivity contribution in [1.29, 1.82) is 0 Å². The number of carbonyl (C=O) groups is 1. The second kappa shape index (κ2) is 10.6. The molecule has 21 heteroatoms. The number of benzene rings is 1. The zero-order chi connectivity index (χ0) is 27.7. The Kier molecular flexibility index (Phi) is 7.66. The van der Waals surface area contributed by atoms with Crippen molar-refractivity contribution >= 4 is 50.2 Å². The molecule has 0 amide bonds. The summed E-state index contributed by atoms with van der Waals surface area (Å²) >= 11 is 0. The van der Waals surface area contributed by atoms with E-state index in [-0.39, 0.29) is 40.6 Å². The quantitative estimate of drug-likeness (QED) is 0.0609. The molecule has 3 aromatic rings. The molecule has 4 rings (SSSR count). The summed E-state index contributed by atoms with van der Waals surface area (Å²) in [5, 5.41) is 3.51. The van der Waals surface area contributed by atoms with E-state index in [4.69, 9.17) is 36.3 Å². The first-order chi connectivity index (χ1) is 17.9. The van der Waals surface area contributed by atoms with Crippen LogP contribution >= 0.6 is 15.6 Å². The number of esters is 1. The van der Waals surface area contributed by atoms with Crippen molar-refractivity contribution in [3.8, 4) is 0 Å². The number of nitrogens with zero attached hydrogens (tertiary/aromatic N) is 7. The molecule has 1 fully saturated rings. The summed E-state index contributed by atoms with van der Waals surface area (Å²) in [5.74, 6) is -1.12. The molecule has 0 spiro atoms. The first-order valence-corrected chi connectivity index (χ1v) is 13.4. The summed E-state index contributed by atoms with van der Waals surface area (Å²) < 4.78 is 44.1. The Morgan fingerprint density at radius 1 is 1.26 bits per heavy atom. The van der Waals surface area contributed by atoms with Gasteiger partial charge in [0.1, 0.15) is 24.8 Å². The van der Waals surface area contributed by atoms with Crippen LogP contribution in [0.2, 0.25) is 0 Å². The number of fused-ring (bicyclic) bond motifs is 1. The van der Waals surface area contributed by atoms with Crippen LogP contribution in [0.4, 0.5) is 17.5 Å². The largest absolute Gasteiger partial charge is 0.481 e. The number of phosphoric ester groups is 1. The number of imidazole rings is 1. The van der Waals surface area contributed by atoms with Crippen molar-refractivity contribution in [2.75, 3.05) is 18.1 Å². The van der Waals surface area contributed by atoms with Crippen molar-refractivity contribution in [3.63, 3.8) is 0 Å². The fourth-order valence-corrected chi connectivity index (χ4v) is 5.23. The first kappa shape index (κ1) is 27.4. The summed E-state index contributed by atoms with van der Waals surface area (Å²) in [5.41, 5.74) is 21.0. The molecule has 1 aliphatic rings. The maximum Gasteiger partial charge on any atom is 0.481 e. The van der Waals surface area contributed by atoms with E-state index in [0.717, 1.165) is 6.33 Å². The number of nitrogens with two attached hydrogens (primary N) is 2. The molecule has 0 bridgehead atoms. The van der Waals surface area contributed by atoms with E-state index in [1.165, 1.54) is 16.7 Å². The third kappa shape index (κ3) is 6.08. The minimum Gasteiger partial charge on any atom is -0.456 e. The third-order valence-electron chi connectivity index (χ3n) is 5.14. The Bertz CT molecular complexity index is 1520. The predicted molar refractivity (Wildman–Crippen MR) is 126 cm³/mol. The molecule has 2 unspecified atom stereocenters. The van der Waals surface area contributed by atoms with Crippen molar-refractivity contribution in [3.05, 3.63) is 46.6 Å². The average Bonchev–Trinajstić information content (AvgIpc) is 3.38. The Labute approximate surface area is 211 Å². The molecular weight excluding hydrogens is 552 g/mol. The molecule has 1 aromatic carbocycles. The molecule has 3 heterocycles. The Morgan fingerprint density at radius 3 is 2.68 bits per heavy atom. The Morgan fingerprint density at radius 2 is 2.00 bits per heavy atom. The summed E-state index contributed by atoms with van der Waals surface area (Å²) in [7, 11) is -10.7. The molecule has 19 nitrogen and oxygen atoms in total. The molecule has 0 aliphatic carbocycles. The molecule has 38 heavy (non-hydrogen) atoms. The first-order valence-electron chi connectivity index (χ1n) is 10.4. The number of hydrogen-bond acceptors (Lipinski definition) is 13. The molecule has 1 saturated heterocycles. The van der Waals surface area contributed by atoms with Crippen LogP contribution < -0.4 is 11.5 Å². The fraction of sp³-hybridized carbons (Fsp3) is 0.294. The standard InChI is InChI=1S/C17H19N9O10P2/c18-9-4-2-1-3-8(9)16(27)35-10-5-12(34-11(10)6-33-38(31,32)36-37(28,29)30)26-15-13(14(19)21-7-22-15)23-17(26)24-25-20/h1-4,7,10-12H,5-6,18H2,(H,31,32)(H2,19,21,22)(H2,28,29,30)/t10?,11-,12-/m1/s1. The molecule has 7 N–H and O–H groups in total. The van der Waals surface area contributed by atoms with Gasteiger partial charge in [0.25, 0.3) is 0 Å². The van der Waals surface area contributed by atoms with Gasteiger partial charge in [0, 0.05) is 17.0 Å². The highest BCUT2D eigenvalue weighted by Gasteiger charge is 2.43. The van der Waals surface area contributed by atoms with E-state index >= 15 is 0 Å². The fourth-order valence-electron chi connectivity index (χ4n) is 3.63. The van der Waals surface area contributed by atoms with Crippen molar-refractivity contribution in [1.82, 2.24) is 19.5 Å². The number of rotatable bonds is 9. The molecule has 0 saturated carbocycles. The summed E-state index contributed by atoms with van der Waals surface area (Å²) in [6.07, 6.45) is -2.61. The van der Waals surface area contributed by atoms with Gasteiger partial charge in [-0.1, -0.05) is 12.1 Å². The van der Waals surface area contributed by atoms with Crippen LogP contribution in [0.15, 0.2) is 35.7 Å². The SMILES string of the molecule is [N-]=[N+]=Nc1nc2c(N)ncnc2n1[C@H]1CC(OC(=O)c2ccccc2N)[C@@H](COP(=O)(O)OP(=O)(O)O)O1. The van der Waals surface area contributed by atoms with Crippen molar-refractivity contribution in [2.45, 2.75) is 24.9 Å². The van der Waals surface area contributed by atoms with E-state index < -0.39 is 46.7 Å². The molecule has 1 aliphatic heterocycles. The zero-order valence-electron chi connectivity index (χ0n) is 18.9. The predicted octanol–water partition coefficient (Wildman–Crippen LogP) is 1.67. The highest BCUT2D eigenvalue weighted by Crippen LogP contribution is 2.57. The Hall–Kier alpha value is -3.63. The lowest BCUT2D eigenvalue weighted by atomic mass is 10.1. The number of ether oxygens (including phenoxy) is 2. The van der Waals surface area contributed by atoms with E-state index in [2.05, 4.69) is 33.8 Å². The third-order valence-corrected chi connectivity index (χ3v) is 7.29. The van der Waals surface area contributed by atoms with Crippen LogP contribution in [-0.2, 0) is 27.4 Å². The number of azide groups is 1. The van der Waals surface area contributed by atoms with E-state index in [9.17, 15) is 18.8 Å². The van der Waals surface area contributed by atoms with Gasteiger partial charge in [-0.05, 0) is 22.8 Å².